The van der Waals surface area contributed by atoms with Crippen LogP contribution in [0.5, 0.6) is 11.5 Å². The van der Waals surface area contributed by atoms with E-state index >= 15 is 0 Å². The van der Waals surface area contributed by atoms with E-state index in [-0.39, 0.29) is 18.1 Å². The third kappa shape index (κ3) is 5.79. The Hall–Kier alpha value is -1.46. The highest BCUT2D eigenvalue weighted by Crippen LogP contribution is 2.61. The van der Waals surface area contributed by atoms with E-state index in [0.717, 1.165) is 29.9 Å². The van der Waals surface area contributed by atoms with E-state index < -0.39 is 0 Å². The summed E-state index contributed by atoms with van der Waals surface area (Å²) < 4.78 is 11.6. The Kier molecular flexibility index (Phi) is 7.21. The molecule has 0 aliphatic heterocycles. The van der Waals surface area contributed by atoms with Crippen LogP contribution in [-0.4, -0.2) is 30.7 Å². The molecule has 5 nitrogen and oxygen atoms in total. The number of rotatable bonds is 9. The molecule has 0 aromatic heterocycles. The number of carbonyl (C=O) groups excluding carboxylic acids is 1. The van der Waals surface area contributed by atoms with Crippen LogP contribution in [0.4, 0.5) is 0 Å². The van der Waals surface area contributed by atoms with Crippen molar-refractivity contribution >= 4 is 17.5 Å². The van der Waals surface area contributed by atoms with Gasteiger partial charge >= 0.3 is 0 Å². The first-order chi connectivity index (χ1) is 15.6. The third-order valence-corrected chi connectivity index (χ3v) is 8.13. The van der Waals surface area contributed by atoms with Crippen molar-refractivity contribution < 1.29 is 14.3 Å². The molecule has 33 heavy (non-hydrogen) atoms. The molecular weight excluding hydrogens is 436 g/mol. The fraction of sp³-hybridized carbons (Fsp3) is 0.741. The zero-order valence-corrected chi connectivity index (χ0v) is 21.7. The second kappa shape index (κ2) is 9.65. The normalized spacial score (nSPS) is 29.1. The van der Waals surface area contributed by atoms with E-state index in [9.17, 15) is 4.79 Å². The van der Waals surface area contributed by atoms with Gasteiger partial charge in [-0.1, -0.05) is 11.6 Å². The molecule has 5 rings (SSSR count). The smallest absolute Gasteiger partial charge is 0.258 e. The first-order valence-corrected chi connectivity index (χ1v) is 13.1. The van der Waals surface area contributed by atoms with Gasteiger partial charge in [0, 0.05) is 18.1 Å². The quantitative estimate of drug-likeness (QED) is 0.478. The van der Waals surface area contributed by atoms with Gasteiger partial charge in [0.05, 0.1) is 11.6 Å². The molecule has 2 N–H and O–H groups in total. The van der Waals surface area contributed by atoms with Crippen molar-refractivity contribution in [3.63, 3.8) is 0 Å². The van der Waals surface area contributed by atoms with Crippen molar-refractivity contribution in [3.8, 4) is 11.5 Å². The van der Waals surface area contributed by atoms with Gasteiger partial charge in [-0.3, -0.25) is 4.79 Å². The molecule has 0 spiro atoms. The van der Waals surface area contributed by atoms with E-state index in [1.54, 1.807) is 0 Å². The van der Waals surface area contributed by atoms with Gasteiger partial charge in [0.2, 0.25) is 0 Å². The Morgan fingerprint density at radius 3 is 2.27 bits per heavy atom. The SMILES string of the molecule is CCOc1cc(CN[C@@H](C)C23CC4CC(CC(C4)C2)C3)cc(Cl)c1OCC(=O)NC(C)(C)C. The van der Waals surface area contributed by atoms with E-state index in [1.807, 2.05) is 39.8 Å². The third-order valence-electron chi connectivity index (χ3n) is 7.85. The maximum Gasteiger partial charge on any atom is 0.258 e. The van der Waals surface area contributed by atoms with Crippen molar-refractivity contribution in [1.29, 1.82) is 0 Å². The summed E-state index contributed by atoms with van der Waals surface area (Å²) in [4.78, 5) is 12.2. The molecule has 1 atom stereocenters. The predicted octanol–water partition coefficient (Wildman–Crippen LogP) is 5.73. The van der Waals surface area contributed by atoms with E-state index in [4.69, 9.17) is 21.1 Å². The van der Waals surface area contributed by atoms with Crippen LogP contribution in [0.3, 0.4) is 0 Å². The number of hydrogen-bond acceptors (Lipinski definition) is 4. The molecule has 0 radical (unpaired) electrons. The maximum atomic E-state index is 12.2. The monoisotopic (exact) mass is 476 g/mol. The number of nitrogens with one attached hydrogen (secondary N) is 2. The lowest BCUT2D eigenvalue weighted by molar-refractivity contribution is -0.124. The zero-order valence-electron chi connectivity index (χ0n) is 20.9. The van der Waals surface area contributed by atoms with Crippen LogP contribution in [0.25, 0.3) is 0 Å². The van der Waals surface area contributed by atoms with Crippen LogP contribution in [-0.2, 0) is 11.3 Å². The van der Waals surface area contributed by atoms with Gasteiger partial charge in [0.1, 0.15) is 0 Å². The van der Waals surface area contributed by atoms with E-state index in [1.165, 1.54) is 38.5 Å². The van der Waals surface area contributed by atoms with Crippen molar-refractivity contribution in [2.75, 3.05) is 13.2 Å². The average molecular weight is 477 g/mol. The van der Waals surface area contributed by atoms with Crippen LogP contribution in [0.2, 0.25) is 5.02 Å². The van der Waals surface area contributed by atoms with Crippen LogP contribution < -0.4 is 20.1 Å². The number of hydrogen-bond donors (Lipinski definition) is 2. The molecule has 0 unspecified atom stereocenters. The highest BCUT2D eigenvalue weighted by molar-refractivity contribution is 6.32. The largest absolute Gasteiger partial charge is 0.490 e. The molecule has 4 fully saturated rings. The minimum absolute atomic E-state index is 0.0995. The molecule has 4 aliphatic carbocycles. The Morgan fingerprint density at radius 2 is 1.73 bits per heavy atom. The molecular formula is C27H41ClN2O3. The number of benzene rings is 1. The summed E-state index contributed by atoms with van der Waals surface area (Å²) in [7, 11) is 0. The Bertz CT molecular complexity index is 828. The zero-order chi connectivity index (χ0) is 23.8. The van der Waals surface area contributed by atoms with Gasteiger partial charge in [-0.2, -0.15) is 0 Å². The topological polar surface area (TPSA) is 59.6 Å². The summed E-state index contributed by atoms with van der Waals surface area (Å²) >= 11 is 6.59. The van der Waals surface area contributed by atoms with Crippen molar-refractivity contribution in [2.45, 2.75) is 91.3 Å². The Labute approximate surface area is 204 Å². The lowest BCUT2D eigenvalue weighted by atomic mass is 9.48. The summed E-state index contributed by atoms with van der Waals surface area (Å²) in [5.74, 6) is 3.69. The molecule has 1 amide bonds. The average Bonchev–Trinajstić information content (AvgIpc) is 2.69. The predicted molar refractivity (Wildman–Crippen MR) is 133 cm³/mol. The lowest BCUT2D eigenvalue weighted by Crippen LogP contribution is -2.54. The highest BCUT2D eigenvalue weighted by atomic mass is 35.5. The maximum absolute atomic E-state index is 12.2. The van der Waals surface area contributed by atoms with Crippen LogP contribution in [0.1, 0.15) is 78.7 Å². The Balaban J connectivity index is 1.40. The fourth-order valence-corrected chi connectivity index (χ4v) is 7.20. The van der Waals surface area contributed by atoms with Crippen molar-refractivity contribution in [1.82, 2.24) is 10.6 Å². The second-order valence-corrected chi connectivity index (χ2v) is 12.2. The van der Waals surface area contributed by atoms with Gasteiger partial charge < -0.3 is 20.1 Å². The molecule has 1 aromatic carbocycles. The van der Waals surface area contributed by atoms with Gasteiger partial charge in [-0.05, 0) is 114 Å². The molecule has 6 heteroatoms. The van der Waals surface area contributed by atoms with Gasteiger partial charge in [0.25, 0.3) is 5.91 Å². The van der Waals surface area contributed by atoms with Crippen molar-refractivity contribution in [2.24, 2.45) is 23.2 Å². The molecule has 184 valence electrons. The molecule has 4 saturated carbocycles. The van der Waals surface area contributed by atoms with Gasteiger partial charge in [0.15, 0.2) is 18.1 Å². The molecule has 0 saturated heterocycles. The molecule has 1 aromatic rings. The number of carbonyl (C=O) groups is 1. The minimum Gasteiger partial charge on any atom is -0.490 e. The lowest BCUT2D eigenvalue weighted by Gasteiger charge is -2.59. The first kappa shape index (κ1) is 24.7. The summed E-state index contributed by atoms with van der Waals surface area (Å²) in [6.45, 7) is 11.3. The number of ether oxygens (including phenoxy) is 2. The van der Waals surface area contributed by atoms with Crippen molar-refractivity contribution in [3.05, 3.63) is 22.7 Å². The van der Waals surface area contributed by atoms with Crippen LogP contribution in [0, 0.1) is 23.2 Å². The molecule has 0 heterocycles. The van der Waals surface area contributed by atoms with Crippen LogP contribution >= 0.6 is 11.6 Å². The van der Waals surface area contributed by atoms with E-state index in [0.29, 0.717) is 34.6 Å². The highest BCUT2D eigenvalue weighted by Gasteiger charge is 2.52. The minimum atomic E-state index is -0.310. The van der Waals surface area contributed by atoms with Gasteiger partial charge in [-0.25, -0.2) is 0 Å². The number of amides is 1. The fourth-order valence-electron chi connectivity index (χ4n) is 6.91. The van der Waals surface area contributed by atoms with E-state index in [2.05, 4.69) is 17.6 Å². The number of halogens is 1. The standard InChI is InChI=1S/C27H41ClN2O3/c1-6-32-23-11-21(10-22(28)25(23)33-16-24(31)30-26(3,4)5)15-29-17(2)27-12-18-7-19(13-27)9-20(8-18)14-27/h10-11,17-20,29H,6-9,12-16H2,1-5H3,(H,30,31)/t17-,18?,19?,20?,27?/m0/s1. The Morgan fingerprint density at radius 1 is 1.12 bits per heavy atom. The van der Waals surface area contributed by atoms with Gasteiger partial charge in [-0.15, -0.1) is 0 Å². The van der Waals surface area contributed by atoms with Crippen LogP contribution in [0.15, 0.2) is 12.1 Å². The summed E-state index contributed by atoms with van der Waals surface area (Å²) in [6, 6.07) is 4.41. The first-order valence-electron chi connectivity index (χ1n) is 12.7. The summed E-state index contributed by atoms with van der Waals surface area (Å²) in [5.41, 5.74) is 1.23. The second-order valence-electron chi connectivity index (χ2n) is 11.8. The molecule has 4 aliphatic rings. The summed E-state index contributed by atoms with van der Waals surface area (Å²) in [6.07, 6.45) is 8.57. The molecule has 4 bridgehead atoms. The summed E-state index contributed by atoms with van der Waals surface area (Å²) in [5, 5.41) is 7.21.